The van der Waals surface area contributed by atoms with E-state index < -0.39 is 17.8 Å². The number of pyridine rings is 1. The predicted molar refractivity (Wildman–Crippen MR) is 116 cm³/mol. The summed E-state index contributed by atoms with van der Waals surface area (Å²) in [5.74, 6) is -0.762. The number of alkyl halides is 3. The van der Waals surface area contributed by atoms with Gasteiger partial charge in [-0.2, -0.15) is 18.3 Å². The van der Waals surface area contributed by atoms with E-state index in [-0.39, 0.29) is 23.6 Å². The van der Waals surface area contributed by atoms with Crippen LogP contribution in [-0.4, -0.2) is 57.8 Å². The number of nitrogens with zero attached hydrogens (tertiary/aromatic N) is 4. The van der Waals surface area contributed by atoms with Crippen LogP contribution in [0.25, 0.3) is 10.9 Å². The molecule has 4 heterocycles. The summed E-state index contributed by atoms with van der Waals surface area (Å²) in [5, 5.41) is 7.66. The number of aromatic nitrogens is 3. The number of anilines is 1. The lowest BCUT2D eigenvalue weighted by atomic mass is 9.73. The number of halogens is 3. The molecule has 11 heteroatoms. The van der Waals surface area contributed by atoms with E-state index in [2.05, 4.69) is 15.4 Å². The molecule has 2 aliphatic heterocycles. The molecule has 0 atom stereocenters. The maximum absolute atomic E-state index is 12.9. The van der Waals surface area contributed by atoms with Gasteiger partial charge in [-0.05, 0) is 43.2 Å². The zero-order valence-corrected chi connectivity index (χ0v) is 18.1. The summed E-state index contributed by atoms with van der Waals surface area (Å²) < 4.78 is 45.5. The molecule has 2 fully saturated rings. The molecule has 34 heavy (non-hydrogen) atoms. The molecule has 2 aromatic heterocycles. The minimum Gasteiger partial charge on any atom is -0.381 e. The van der Waals surface area contributed by atoms with E-state index in [9.17, 15) is 22.8 Å². The Morgan fingerprint density at radius 3 is 2.62 bits per heavy atom. The van der Waals surface area contributed by atoms with Crippen molar-refractivity contribution in [3.05, 3.63) is 54.0 Å². The average molecular weight is 473 g/mol. The van der Waals surface area contributed by atoms with Crippen molar-refractivity contribution in [1.82, 2.24) is 19.7 Å². The van der Waals surface area contributed by atoms with Gasteiger partial charge >= 0.3 is 6.18 Å². The lowest BCUT2D eigenvalue weighted by molar-refractivity contribution is -0.151. The maximum Gasteiger partial charge on any atom is 0.433 e. The van der Waals surface area contributed by atoms with Crippen LogP contribution in [0.15, 0.2) is 42.6 Å². The number of likely N-dealkylation sites (tertiary alicyclic amines) is 1. The molecule has 1 spiro atoms. The van der Waals surface area contributed by atoms with Gasteiger partial charge in [0.25, 0.3) is 5.91 Å². The van der Waals surface area contributed by atoms with Crippen molar-refractivity contribution in [2.75, 3.05) is 31.6 Å². The molecule has 0 unspecified atom stereocenters. The van der Waals surface area contributed by atoms with Gasteiger partial charge in [-0.1, -0.05) is 6.07 Å². The molecule has 2 aliphatic rings. The van der Waals surface area contributed by atoms with Gasteiger partial charge in [0, 0.05) is 49.0 Å². The van der Waals surface area contributed by atoms with Gasteiger partial charge < -0.3 is 15.0 Å². The van der Waals surface area contributed by atoms with Crippen molar-refractivity contribution < 1.29 is 27.5 Å². The highest BCUT2D eigenvalue weighted by atomic mass is 19.4. The summed E-state index contributed by atoms with van der Waals surface area (Å²) in [5.41, 5.74) is -0.261. The molecule has 5 rings (SSSR count). The van der Waals surface area contributed by atoms with Gasteiger partial charge in [0.05, 0.1) is 5.52 Å². The van der Waals surface area contributed by atoms with Crippen LogP contribution < -0.4 is 5.32 Å². The molecule has 0 aliphatic carbocycles. The van der Waals surface area contributed by atoms with Crippen LogP contribution in [-0.2, 0) is 22.3 Å². The Hall–Kier alpha value is -3.47. The number of carbonyl (C=O) groups excluding carboxylic acids is 2. The van der Waals surface area contributed by atoms with Crippen molar-refractivity contribution in [1.29, 1.82) is 0 Å². The van der Waals surface area contributed by atoms with E-state index in [1.54, 1.807) is 29.1 Å². The first-order valence-corrected chi connectivity index (χ1v) is 10.9. The smallest absolute Gasteiger partial charge is 0.381 e. The summed E-state index contributed by atoms with van der Waals surface area (Å²) in [7, 11) is 0. The second-order valence-corrected chi connectivity index (χ2v) is 8.82. The lowest BCUT2D eigenvalue weighted by Crippen LogP contribution is -2.60. The number of benzene rings is 1. The summed E-state index contributed by atoms with van der Waals surface area (Å²) in [6.07, 6.45) is -0.974. The first-order chi connectivity index (χ1) is 16.2. The SMILES string of the molecule is O=C(Nc1ccc2nn(CC(=O)N3CC4(CCOCC4)C3)cc2c1)c1cccc(C(F)(F)F)n1. The van der Waals surface area contributed by atoms with E-state index in [0.717, 1.165) is 51.3 Å². The van der Waals surface area contributed by atoms with E-state index in [1.165, 1.54) is 6.07 Å². The summed E-state index contributed by atoms with van der Waals surface area (Å²) >= 11 is 0. The predicted octanol–water partition coefficient (Wildman–Crippen LogP) is 3.34. The number of rotatable bonds is 4. The second kappa shape index (κ2) is 8.39. The fraction of sp³-hybridized carbons (Fsp3) is 0.391. The number of carbonyl (C=O) groups is 2. The number of fused-ring (bicyclic) bond motifs is 1. The molecule has 2 amide bonds. The van der Waals surface area contributed by atoms with Gasteiger partial charge in [-0.3, -0.25) is 14.3 Å². The van der Waals surface area contributed by atoms with Gasteiger partial charge in [0.1, 0.15) is 17.9 Å². The molecule has 0 saturated carbocycles. The Labute approximate surface area is 192 Å². The zero-order valence-electron chi connectivity index (χ0n) is 18.1. The normalized spacial score (nSPS) is 17.6. The quantitative estimate of drug-likeness (QED) is 0.628. The number of amides is 2. The zero-order chi connectivity index (χ0) is 23.9. The molecule has 0 bridgehead atoms. The third-order valence-electron chi connectivity index (χ3n) is 6.34. The van der Waals surface area contributed by atoms with Gasteiger partial charge in [0.15, 0.2) is 0 Å². The first kappa shape index (κ1) is 22.3. The molecular weight excluding hydrogens is 451 g/mol. The lowest BCUT2D eigenvalue weighted by Gasteiger charge is -2.52. The number of hydrogen-bond acceptors (Lipinski definition) is 5. The van der Waals surface area contributed by atoms with E-state index in [4.69, 9.17) is 4.74 Å². The topological polar surface area (TPSA) is 89.4 Å². The van der Waals surface area contributed by atoms with E-state index in [1.807, 2.05) is 4.90 Å². The Kier molecular flexibility index (Phi) is 5.51. The molecule has 8 nitrogen and oxygen atoms in total. The van der Waals surface area contributed by atoms with Crippen molar-refractivity contribution in [3.8, 4) is 0 Å². The van der Waals surface area contributed by atoms with Gasteiger partial charge in [-0.25, -0.2) is 4.98 Å². The van der Waals surface area contributed by atoms with Crippen LogP contribution in [0.2, 0.25) is 0 Å². The van der Waals surface area contributed by atoms with Crippen LogP contribution >= 0.6 is 0 Å². The standard InChI is InChI=1S/C23H22F3N5O3/c24-23(25,26)19-3-1-2-18(28-19)21(33)27-16-4-5-17-15(10-16)11-31(29-17)12-20(32)30-13-22(14-30)6-8-34-9-7-22/h1-5,10-11H,6-9,12-14H2,(H,27,33). The van der Waals surface area contributed by atoms with Crippen molar-refractivity contribution in [3.63, 3.8) is 0 Å². The maximum atomic E-state index is 12.9. The average Bonchev–Trinajstić information content (AvgIpc) is 3.19. The molecule has 0 radical (unpaired) electrons. The third-order valence-corrected chi connectivity index (χ3v) is 6.34. The molecule has 2 saturated heterocycles. The van der Waals surface area contributed by atoms with E-state index in [0.29, 0.717) is 16.6 Å². The van der Waals surface area contributed by atoms with Crippen LogP contribution in [0.3, 0.4) is 0 Å². The van der Waals surface area contributed by atoms with Crippen LogP contribution in [0.5, 0.6) is 0 Å². The third kappa shape index (κ3) is 4.47. The molecular formula is C23H22F3N5O3. The Bertz CT molecular complexity index is 1240. The number of hydrogen-bond donors (Lipinski definition) is 1. The largest absolute Gasteiger partial charge is 0.433 e. The first-order valence-electron chi connectivity index (χ1n) is 10.9. The Balaban J connectivity index is 1.23. The molecule has 1 aromatic carbocycles. The minimum absolute atomic E-state index is 0.00549. The Morgan fingerprint density at radius 2 is 1.88 bits per heavy atom. The highest BCUT2D eigenvalue weighted by molar-refractivity contribution is 6.03. The minimum atomic E-state index is -4.64. The highest BCUT2D eigenvalue weighted by Crippen LogP contribution is 2.39. The van der Waals surface area contributed by atoms with Crippen molar-refractivity contribution >= 4 is 28.4 Å². The van der Waals surface area contributed by atoms with Crippen molar-refractivity contribution in [2.45, 2.75) is 25.6 Å². The van der Waals surface area contributed by atoms with Crippen LogP contribution in [0.1, 0.15) is 29.0 Å². The van der Waals surface area contributed by atoms with Crippen LogP contribution in [0.4, 0.5) is 18.9 Å². The highest BCUT2D eigenvalue weighted by Gasteiger charge is 2.45. The Morgan fingerprint density at radius 1 is 1.12 bits per heavy atom. The molecule has 1 N–H and O–H groups in total. The van der Waals surface area contributed by atoms with Gasteiger partial charge in [-0.15, -0.1) is 0 Å². The van der Waals surface area contributed by atoms with Crippen LogP contribution in [0, 0.1) is 5.41 Å². The number of nitrogens with one attached hydrogen (secondary N) is 1. The summed E-state index contributed by atoms with van der Waals surface area (Å²) in [6.45, 7) is 3.09. The summed E-state index contributed by atoms with van der Waals surface area (Å²) in [6, 6.07) is 8.07. The monoisotopic (exact) mass is 473 g/mol. The van der Waals surface area contributed by atoms with Crippen molar-refractivity contribution in [2.24, 2.45) is 5.41 Å². The second-order valence-electron chi connectivity index (χ2n) is 8.82. The fourth-order valence-electron chi connectivity index (χ4n) is 4.45. The molecule has 3 aromatic rings. The summed E-state index contributed by atoms with van der Waals surface area (Å²) in [4.78, 5) is 30.3. The molecule has 178 valence electrons. The fourth-order valence-corrected chi connectivity index (χ4v) is 4.45. The van der Waals surface area contributed by atoms with Gasteiger partial charge in [0.2, 0.25) is 5.91 Å². The number of ether oxygens (including phenoxy) is 1. The van der Waals surface area contributed by atoms with E-state index >= 15 is 0 Å².